The van der Waals surface area contributed by atoms with E-state index in [0.717, 1.165) is 11.8 Å². The Bertz CT molecular complexity index is 398. The van der Waals surface area contributed by atoms with Crippen molar-refractivity contribution in [1.29, 1.82) is 0 Å². The third-order valence-electron chi connectivity index (χ3n) is 2.10. The molecular weight excluding hydrogens is 221 g/mol. The van der Waals surface area contributed by atoms with Crippen LogP contribution in [0.3, 0.4) is 0 Å². The van der Waals surface area contributed by atoms with Crippen molar-refractivity contribution in [3.05, 3.63) is 41.7 Å². The third kappa shape index (κ3) is 5.61. The Morgan fingerprint density at radius 2 is 2.00 bits per heavy atom. The van der Waals surface area contributed by atoms with Crippen LogP contribution in [0.25, 0.3) is 6.08 Å². The number of rotatable bonds is 6. The zero-order valence-corrected chi connectivity index (χ0v) is 9.36. The van der Waals surface area contributed by atoms with E-state index in [1.165, 1.54) is 18.2 Å². The Morgan fingerprint density at radius 3 is 2.65 bits per heavy atom. The molecule has 0 aliphatic carbocycles. The minimum absolute atomic E-state index is 0.222. The van der Waals surface area contributed by atoms with Gasteiger partial charge in [0.2, 0.25) is 5.91 Å². The molecule has 0 atom stereocenters. The van der Waals surface area contributed by atoms with Gasteiger partial charge in [-0.15, -0.1) is 0 Å². The number of halogens is 1. The van der Waals surface area contributed by atoms with Gasteiger partial charge in [-0.3, -0.25) is 4.79 Å². The number of hydrogen-bond donors (Lipinski definition) is 1. The molecule has 90 valence electrons. The molecular formula is C13H14FNO2. The Morgan fingerprint density at radius 1 is 1.29 bits per heavy atom. The van der Waals surface area contributed by atoms with E-state index in [9.17, 15) is 14.0 Å². The van der Waals surface area contributed by atoms with Crippen LogP contribution in [0.15, 0.2) is 30.3 Å². The summed E-state index contributed by atoms with van der Waals surface area (Å²) in [6, 6.07) is 5.85. The van der Waals surface area contributed by atoms with Crippen molar-refractivity contribution in [2.24, 2.45) is 0 Å². The summed E-state index contributed by atoms with van der Waals surface area (Å²) in [6.07, 6.45) is 4.89. The summed E-state index contributed by atoms with van der Waals surface area (Å²) in [5.41, 5.74) is 0.759. The van der Waals surface area contributed by atoms with E-state index in [2.05, 4.69) is 5.32 Å². The van der Waals surface area contributed by atoms with Crippen LogP contribution in [-0.2, 0) is 9.59 Å². The molecule has 1 amide bonds. The molecule has 0 radical (unpaired) electrons. The fourth-order valence-electron chi connectivity index (χ4n) is 1.20. The summed E-state index contributed by atoms with van der Waals surface area (Å²) in [6.45, 7) is 0.478. The number of amides is 1. The van der Waals surface area contributed by atoms with Crippen LogP contribution < -0.4 is 5.32 Å². The predicted octanol–water partition coefficient (Wildman–Crippen LogP) is 1.93. The summed E-state index contributed by atoms with van der Waals surface area (Å²) >= 11 is 0. The second-order valence-electron chi connectivity index (χ2n) is 3.48. The van der Waals surface area contributed by atoms with Gasteiger partial charge in [0.05, 0.1) is 0 Å². The maximum absolute atomic E-state index is 12.6. The molecule has 0 spiro atoms. The van der Waals surface area contributed by atoms with Crippen molar-refractivity contribution in [3.8, 4) is 0 Å². The van der Waals surface area contributed by atoms with E-state index in [-0.39, 0.29) is 11.7 Å². The predicted molar refractivity (Wildman–Crippen MR) is 63.7 cm³/mol. The molecule has 1 N–H and O–H groups in total. The molecule has 1 rings (SSSR count). The lowest BCUT2D eigenvalue weighted by Crippen LogP contribution is -2.22. The average molecular weight is 235 g/mol. The maximum atomic E-state index is 12.6. The molecule has 4 heteroatoms. The van der Waals surface area contributed by atoms with Gasteiger partial charge in [0.15, 0.2) is 0 Å². The molecule has 0 aliphatic rings. The SMILES string of the molecule is O=CCCCNC(=O)C=Cc1ccc(F)cc1. The van der Waals surface area contributed by atoms with E-state index in [1.54, 1.807) is 18.2 Å². The quantitative estimate of drug-likeness (QED) is 0.465. The Labute approximate surface area is 99.3 Å². The lowest BCUT2D eigenvalue weighted by Gasteiger charge is -1.98. The minimum Gasteiger partial charge on any atom is -0.353 e. The highest BCUT2D eigenvalue weighted by molar-refractivity contribution is 5.91. The van der Waals surface area contributed by atoms with E-state index < -0.39 is 0 Å². The van der Waals surface area contributed by atoms with Crippen LogP contribution >= 0.6 is 0 Å². The lowest BCUT2D eigenvalue weighted by atomic mass is 10.2. The highest BCUT2D eigenvalue weighted by Gasteiger charge is 1.94. The number of carbonyl (C=O) groups is 2. The monoisotopic (exact) mass is 235 g/mol. The van der Waals surface area contributed by atoms with E-state index in [1.807, 2.05) is 0 Å². The van der Waals surface area contributed by atoms with Crippen molar-refractivity contribution < 1.29 is 14.0 Å². The van der Waals surface area contributed by atoms with Gasteiger partial charge in [-0.05, 0) is 30.2 Å². The van der Waals surface area contributed by atoms with Gasteiger partial charge >= 0.3 is 0 Å². The first-order chi connectivity index (χ1) is 8.22. The van der Waals surface area contributed by atoms with Crippen molar-refractivity contribution in [2.45, 2.75) is 12.8 Å². The highest BCUT2D eigenvalue weighted by atomic mass is 19.1. The second-order valence-corrected chi connectivity index (χ2v) is 3.48. The molecule has 0 unspecified atom stereocenters. The van der Waals surface area contributed by atoms with Crippen molar-refractivity contribution in [1.82, 2.24) is 5.32 Å². The first-order valence-corrected chi connectivity index (χ1v) is 5.37. The smallest absolute Gasteiger partial charge is 0.243 e. The first-order valence-electron chi connectivity index (χ1n) is 5.37. The topological polar surface area (TPSA) is 46.2 Å². The Hall–Kier alpha value is -1.97. The molecule has 0 bridgehead atoms. The number of benzene rings is 1. The molecule has 17 heavy (non-hydrogen) atoms. The summed E-state index contributed by atoms with van der Waals surface area (Å²) in [4.78, 5) is 21.3. The van der Waals surface area contributed by atoms with Crippen molar-refractivity contribution >= 4 is 18.3 Å². The fraction of sp³-hybridized carbons (Fsp3) is 0.231. The van der Waals surface area contributed by atoms with Gasteiger partial charge in [-0.25, -0.2) is 4.39 Å². The van der Waals surface area contributed by atoms with Crippen LogP contribution in [0.1, 0.15) is 18.4 Å². The summed E-state index contributed by atoms with van der Waals surface area (Å²) in [5.74, 6) is -0.527. The molecule has 1 aromatic rings. The highest BCUT2D eigenvalue weighted by Crippen LogP contribution is 2.04. The van der Waals surface area contributed by atoms with Gasteiger partial charge in [-0.2, -0.15) is 0 Å². The number of carbonyl (C=O) groups excluding carboxylic acids is 2. The van der Waals surface area contributed by atoms with Gasteiger partial charge in [0.1, 0.15) is 12.1 Å². The fourth-order valence-corrected chi connectivity index (χ4v) is 1.20. The third-order valence-corrected chi connectivity index (χ3v) is 2.10. The molecule has 0 heterocycles. The van der Waals surface area contributed by atoms with Crippen LogP contribution in [0.5, 0.6) is 0 Å². The lowest BCUT2D eigenvalue weighted by molar-refractivity contribution is -0.116. The zero-order valence-electron chi connectivity index (χ0n) is 9.36. The minimum atomic E-state index is -0.305. The molecule has 0 saturated heterocycles. The van der Waals surface area contributed by atoms with Gasteiger partial charge in [0, 0.05) is 19.0 Å². The summed E-state index contributed by atoms with van der Waals surface area (Å²) < 4.78 is 12.6. The average Bonchev–Trinajstić information content (AvgIpc) is 2.34. The normalized spacial score (nSPS) is 10.4. The van der Waals surface area contributed by atoms with Crippen LogP contribution in [0.4, 0.5) is 4.39 Å². The second kappa shape index (κ2) is 7.33. The molecule has 0 saturated carbocycles. The molecule has 0 aliphatic heterocycles. The van der Waals surface area contributed by atoms with Gasteiger partial charge < -0.3 is 10.1 Å². The van der Waals surface area contributed by atoms with Gasteiger partial charge in [-0.1, -0.05) is 12.1 Å². The summed E-state index contributed by atoms with van der Waals surface area (Å²) in [7, 11) is 0. The Kier molecular flexibility index (Phi) is 5.64. The standard InChI is InChI=1S/C13H14FNO2/c14-12-6-3-11(4-7-12)5-8-13(17)15-9-1-2-10-16/h3-8,10H,1-2,9H2,(H,15,17). The van der Waals surface area contributed by atoms with E-state index in [0.29, 0.717) is 19.4 Å². The number of aldehydes is 1. The molecule has 3 nitrogen and oxygen atoms in total. The zero-order chi connectivity index (χ0) is 12.5. The summed E-state index contributed by atoms with van der Waals surface area (Å²) in [5, 5.41) is 2.64. The van der Waals surface area contributed by atoms with E-state index in [4.69, 9.17) is 0 Å². The number of nitrogens with one attached hydrogen (secondary N) is 1. The van der Waals surface area contributed by atoms with E-state index >= 15 is 0 Å². The first kappa shape index (κ1) is 13.1. The largest absolute Gasteiger partial charge is 0.353 e. The van der Waals surface area contributed by atoms with Crippen LogP contribution in [0.2, 0.25) is 0 Å². The number of hydrogen-bond acceptors (Lipinski definition) is 2. The van der Waals surface area contributed by atoms with Gasteiger partial charge in [0.25, 0.3) is 0 Å². The maximum Gasteiger partial charge on any atom is 0.243 e. The molecule has 1 aromatic carbocycles. The number of unbranched alkanes of at least 4 members (excludes halogenated alkanes) is 1. The Balaban J connectivity index is 2.34. The van der Waals surface area contributed by atoms with Crippen LogP contribution in [0, 0.1) is 5.82 Å². The van der Waals surface area contributed by atoms with Crippen molar-refractivity contribution in [2.75, 3.05) is 6.54 Å². The molecule has 0 aromatic heterocycles. The van der Waals surface area contributed by atoms with Crippen LogP contribution in [-0.4, -0.2) is 18.7 Å². The molecule has 0 fully saturated rings. The van der Waals surface area contributed by atoms with Crippen molar-refractivity contribution in [3.63, 3.8) is 0 Å².